The predicted molar refractivity (Wildman–Crippen MR) is 121 cm³/mol. The summed E-state index contributed by atoms with van der Waals surface area (Å²) < 4.78 is 6.13. The lowest BCUT2D eigenvalue weighted by atomic mass is 10.2. The molecule has 0 spiro atoms. The number of rotatable bonds is 3. The van der Waals surface area contributed by atoms with Crippen LogP contribution in [0.4, 0.5) is 4.79 Å². The Morgan fingerprint density at radius 2 is 1.54 bits per heavy atom. The third kappa shape index (κ3) is 30.7. The Bertz CT molecular complexity index is 405. The van der Waals surface area contributed by atoms with Gasteiger partial charge in [-0.15, -0.1) is 24.4 Å². The van der Waals surface area contributed by atoms with Crippen LogP contribution >= 0.6 is 27.5 Å². The third-order valence-electron chi connectivity index (χ3n) is 1.99. The fourth-order valence-electron chi connectivity index (χ4n) is 1.10. The first-order valence-corrected chi connectivity index (χ1v) is 10.2. The van der Waals surface area contributed by atoms with Gasteiger partial charge in [-0.3, -0.25) is 0 Å². The summed E-state index contributed by atoms with van der Waals surface area (Å²) in [4.78, 5) is 11.0. The molecule has 1 aromatic carbocycles. The summed E-state index contributed by atoms with van der Waals surface area (Å²) in [5, 5.41) is 2.59. The van der Waals surface area contributed by atoms with Crippen LogP contribution in [-0.2, 0) is 4.74 Å². The summed E-state index contributed by atoms with van der Waals surface area (Å²) in [5.74, 6) is 0.551. The van der Waals surface area contributed by atoms with Gasteiger partial charge in [0.2, 0.25) is 0 Å². The van der Waals surface area contributed by atoms with E-state index in [0.717, 1.165) is 10.9 Å². The number of halogens is 2. The molecule has 0 saturated carbocycles. The second-order valence-corrected chi connectivity index (χ2v) is 6.56. The average molecular weight is 451 g/mol. The topological polar surface area (TPSA) is 38.3 Å². The van der Waals surface area contributed by atoms with Crippen molar-refractivity contribution in [1.29, 1.82) is 0 Å². The molecule has 0 fully saturated rings. The molecule has 1 rings (SSSR count). The molecule has 26 heavy (non-hydrogen) atoms. The number of amides is 1. The maximum absolute atomic E-state index is 11.0. The average Bonchev–Trinajstić information content (AvgIpc) is 2.62. The number of alkyl carbamates (subject to hydrolysis) is 1. The molecule has 5 heteroatoms. The molecule has 1 N–H and O–H groups in total. The Kier molecular flexibility index (Phi) is 29.8. The second kappa shape index (κ2) is 23.8. The molecule has 0 aromatic heterocycles. The van der Waals surface area contributed by atoms with Crippen LogP contribution in [-0.4, -0.2) is 24.1 Å². The lowest BCUT2D eigenvalue weighted by Crippen LogP contribution is -2.33. The van der Waals surface area contributed by atoms with Crippen molar-refractivity contribution in [2.45, 2.75) is 67.4 Å². The highest BCUT2D eigenvalue weighted by Gasteiger charge is 2.15. The van der Waals surface area contributed by atoms with Gasteiger partial charge in [0.15, 0.2) is 0 Å². The van der Waals surface area contributed by atoms with Crippen molar-refractivity contribution in [3.63, 3.8) is 0 Å². The summed E-state index contributed by atoms with van der Waals surface area (Å²) in [6.07, 6.45) is 8.38. The Morgan fingerprint density at radius 3 is 1.85 bits per heavy atom. The first kappa shape index (κ1) is 32.5. The number of alkyl halides is 1. The number of hydrogen-bond donors (Lipinski definition) is 1. The fraction of sp³-hybridized carbons (Fsp3) is 0.571. The number of hydrogen-bond acceptors (Lipinski definition) is 2. The molecule has 0 heterocycles. The molecule has 0 aliphatic heterocycles. The maximum atomic E-state index is 11.0. The largest absolute Gasteiger partial charge is 0.444 e. The van der Waals surface area contributed by atoms with Crippen LogP contribution in [0, 0.1) is 19.8 Å². The Balaban J connectivity index is -0.000000149. The first-order chi connectivity index (χ1) is 12.2. The number of terminal acetylenes is 1. The Labute approximate surface area is 175 Å². The minimum atomic E-state index is -0.426. The van der Waals surface area contributed by atoms with Crippen molar-refractivity contribution in [3.05, 3.63) is 34.3 Å². The van der Waals surface area contributed by atoms with Crippen molar-refractivity contribution in [2.24, 2.45) is 0 Å². The number of carbonyl (C=O) groups excluding carboxylic acids is 1. The highest BCUT2D eigenvalue weighted by Crippen LogP contribution is 2.08. The second-order valence-electron chi connectivity index (χ2n) is 5.27. The van der Waals surface area contributed by atoms with Crippen molar-refractivity contribution < 1.29 is 9.53 Å². The molecule has 0 aliphatic carbocycles. The van der Waals surface area contributed by atoms with E-state index in [4.69, 9.17) is 16.3 Å². The van der Waals surface area contributed by atoms with E-state index in [-0.39, 0.29) is 6.09 Å². The van der Waals surface area contributed by atoms with Gasteiger partial charge in [-0.2, -0.15) is 0 Å². The van der Waals surface area contributed by atoms with E-state index >= 15 is 0 Å². The number of nitrogens with one attached hydrogen (secondary N) is 1. The summed E-state index contributed by atoms with van der Waals surface area (Å²) >= 11 is 8.77. The molecule has 0 atom stereocenters. The molecule has 0 aliphatic rings. The van der Waals surface area contributed by atoms with Gasteiger partial charge in [-0.05, 0) is 46.2 Å². The van der Waals surface area contributed by atoms with Gasteiger partial charge in [-0.25, -0.2) is 4.79 Å². The van der Waals surface area contributed by atoms with Crippen molar-refractivity contribution in [2.75, 3.05) is 12.4 Å². The minimum Gasteiger partial charge on any atom is -0.444 e. The van der Waals surface area contributed by atoms with Gasteiger partial charge in [0.25, 0.3) is 0 Å². The summed E-state index contributed by atoms with van der Waals surface area (Å²) in [6.45, 7) is 16.1. The highest BCUT2D eigenvalue weighted by atomic mass is 79.9. The Hall–Kier alpha value is -1.18. The van der Waals surface area contributed by atoms with E-state index in [2.05, 4.69) is 53.1 Å². The molecule has 3 nitrogen and oxygen atoms in total. The monoisotopic (exact) mass is 449 g/mol. The van der Waals surface area contributed by atoms with E-state index < -0.39 is 5.60 Å². The molecule has 1 amide bonds. The molecule has 0 saturated heterocycles. The zero-order valence-corrected chi connectivity index (χ0v) is 20.0. The summed E-state index contributed by atoms with van der Waals surface area (Å²) in [5.41, 5.74) is 0.874. The molecule has 152 valence electrons. The lowest BCUT2D eigenvalue weighted by Gasteiger charge is -2.19. The van der Waals surface area contributed by atoms with Crippen LogP contribution in [0.5, 0.6) is 0 Å². The normalized spacial score (nSPS) is 8.46. The van der Waals surface area contributed by atoms with Gasteiger partial charge in [0, 0.05) is 16.9 Å². The van der Waals surface area contributed by atoms with E-state index in [9.17, 15) is 4.79 Å². The molecule has 0 radical (unpaired) electrons. The van der Waals surface area contributed by atoms with Crippen LogP contribution in [0.15, 0.2) is 28.7 Å². The number of aryl methyl sites for hydroxylation is 1. The van der Waals surface area contributed by atoms with E-state index in [1.165, 1.54) is 5.56 Å². The molecular formula is C21H37BrClNO2. The van der Waals surface area contributed by atoms with E-state index in [1.807, 2.05) is 60.6 Å². The van der Waals surface area contributed by atoms with Crippen molar-refractivity contribution in [3.8, 4) is 12.8 Å². The van der Waals surface area contributed by atoms with E-state index in [0.29, 0.717) is 12.4 Å². The van der Waals surface area contributed by atoms with Crippen LogP contribution in [0.3, 0.4) is 0 Å². The van der Waals surface area contributed by atoms with Crippen LogP contribution in [0.25, 0.3) is 0 Å². The van der Waals surface area contributed by atoms with Crippen molar-refractivity contribution in [1.82, 2.24) is 5.32 Å². The zero-order valence-electron chi connectivity index (χ0n) is 17.7. The van der Waals surface area contributed by atoms with Gasteiger partial charge >= 0.3 is 6.09 Å². The summed E-state index contributed by atoms with van der Waals surface area (Å²) in [6, 6.07) is 8.22. The Morgan fingerprint density at radius 1 is 1.12 bits per heavy atom. The fourth-order valence-corrected chi connectivity index (χ4v) is 1.50. The molecular weight excluding hydrogens is 414 g/mol. The van der Waals surface area contributed by atoms with E-state index in [1.54, 1.807) is 0 Å². The van der Waals surface area contributed by atoms with Crippen LogP contribution in [0.2, 0.25) is 0 Å². The minimum absolute atomic E-state index is 0.382. The van der Waals surface area contributed by atoms with Gasteiger partial charge in [0.05, 0.1) is 0 Å². The molecule has 0 bridgehead atoms. The SMILES string of the molecule is C#C.CC.CC.CC(C)(C)OC(=O)NCCCCl.Cc1ccc(Br)cc1. The van der Waals surface area contributed by atoms with Gasteiger partial charge in [0.1, 0.15) is 5.60 Å². The van der Waals surface area contributed by atoms with Crippen molar-refractivity contribution >= 4 is 33.6 Å². The van der Waals surface area contributed by atoms with Crippen LogP contribution < -0.4 is 5.32 Å². The summed E-state index contributed by atoms with van der Waals surface area (Å²) in [7, 11) is 0. The first-order valence-electron chi connectivity index (χ1n) is 8.83. The smallest absolute Gasteiger partial charge is 0.407 e. The van der Waals surface area contributed by atoms with Gasteiger partial charge in [-0.1, -0.05) is 61.3 Å². The standard InChI is InChI=1S/C8H16ClNO2.C7H7Br.2C2H6.C2H2/c1-8(2,3)12-7(11)10-6-4-5-9;1-6-2-4-7(8)5-3-6;3*1-2/h4-6H2,1-3H3,(H,10,11);2-5H,1H3;2*1-2H3;1-2H. The molecule has 1 aromatic rings. The third-order valence-corrected chi connectivity index (χ3v) is 2.79. The predicted octanol–water partition coefficient (Wildman–Crippen LogP) is 7.20. The number of ether oxygens (including phenoxy) is 1. The number of carbonyl (C=O) groups is 1. The van der Waals surface area contributed by atoms with Crippen LogP contribution in [0.1, 0.15) is 60.5 Å². The number of benzene rings is 1. The maximum Gasteiger partial charge on any atom is 0.407 e. The molecule has 0 unspecified atom stereocenters. The lowest BCUT2D eigenvalue weighted by molar-refractivity contribution is 0.0528. The highest BCUT2D eigenvalue weighted by molar-refractivity contribution is 9.10. The van der Waals surface area contributed by atoms with Gasteiger partial charge < -0.3 is 10.1 Å². The quantitative estimate of drug-likeness (QED) is 0.300. The zero-order chi connectivity index (χ0) is 21.6.